The lowest BCUT2D eigenvalue weighted by atomic mass is 10.0. The summed E-state index contributed by atoms with van der Waals surface area (Å²) in [6.07, 6.45) is 1.02. The van der Waals surface area contributed by atoms with Gasteiger partial charge in [0.15, 0.2) is 0 Å². The van der Waals surface area contributed by atoms with Crippen molar-refractivity contribution in [3.63, 3.8) is 0 Å². The number of hydrogen-bond donors (Lipinski definition) is 2. The van der Waals surface area contributed by atoms with Crippen LogP contribution in [-0.2, 0) is 9.59 Å². The number of nitrogens with one attached hydrogen (secondary N) is 1. The smallest absolute Gasteiger partial charge is 0.306 e. The fraction of sp³-hybridized carbons (Fsp3) is 0.385. The summed E-state index contributed by atoms with van der Waals surface area (Å²) in [4.78, 5) is 32.9. The number of amides is 1. The summed E-state index contributed by atoms with van der Waals surface area (Å²) in [6, 6.07) is 2.86. The fourth-order valence-electron chi connectivity index (χ4n) is 2.44. The number of rotatable bonds is 4. The number of nitro benzene ring substituents is 1. The van der Waals surface area contributed by atoms with E-state index in [1.807, 2.05) is 0 Å². The monoisotopic (exact) mass is 296 g/mol. The minimum atomic E-state index is -0.946. The van der Waals surface area contributed by atoms with E-state index in [-0.39, 0.29) is 12.1 Å². The Hall–Kier alpha value is -2.51. The van der Waals surface area contributed by atoms with Crippen LogP contribution < -0.4 is 5.32 Å². The lowest BCUT2D eigenvalue weighted by molar-refractivity contribution is -0.384. The number of carbonyl (C=O) groups is 2. The van der Waals surface area contributed by atoms with Crippen molar-refractivity contribution in [1.29, 1.82) is 0 Å². The highest BCUT2D eigenvalue weighted by atomic mass is 19.1. The molecule has 1 amide bonds. The topological polar surface area (TPSA) is 110 Å². The SMILES string of the molecule is O=C(O)[C@H]1CC[C@@H](C(=O)Nc2ccc(F)cc2[N+](=O)[O-])C1. The molecule has 2 N–H and O–H groups in total. The Morgan fingerprint density at radius 3 is 2.57 bits per heavy atom. The number of anilines is 1. The van der Waals surface area contributed by atoms with E-state index in [9.17, 15) is 24.1 Å². The molecule has 0 unspecified atom stereocenters. The van der Waals surface area contributed by atoms with Crippen LogP contribution in [0.25, 0.3) is 0 Å². The second-order valence-corrected chi connectivity index (χ2v) is 4.95. The second-order valence-electron chi connectivity index (χ2n) is 4.95. The van der Waals surface area contributed by atoms with E-state index in [4.69, 9.17) is 5.11 Å². The number of benzene rings is 1. The van der Waals surface area contributed by atoms with Gasteiger partial charge in [0.25, 0.3) is 5.69 Å². The lowest BCUT2D eigenvalue weighted by Gasteiger charge is -2.11. The van der Waals surface area contributed by atoms with E-state index in [2.05, 4.69) is 5.32 Å². The normalized spacial score (nSPS) is 21.0. The molecular formula is C13H13FN2O5. The van der Waals surface area contributed by atoms with Gasteiger partial charge in [-0.3, -0.25) is 19.7 Å². The molecular weight excluding hydrogens is 283 g/mol. The van der Waals surface area contributed by atoms with Crippen molar-refractivity contribution in [2.24, 2.45) is 11.8 Å². The quantitative estimate of drug-likeness (QED) is 0.653. The third kappa shape index (κ3) is 3.33. The highest BCUT2D eigenvalue weighted by molar-refractivity contribution is 5.95. The molecule has 1 fully saturated rings. The Morgan fingerprint density at radius 1 is 1.33 bits per heavy atom. The largest absolute Gasteiger partial charge is 0.481 e. The Morgan fingerprint density at radius 2 is 2.00 bits per heavy atom. The molecule has 1 aliphatic rings. The molecule has 0 radical (unpaired) electrons. The number of halogens is 1. The minimum absolute atomic E-state index is 0.0924. The molecule has 7 nitrogen and oxygen atoms in total. The van der Waals surface area contributed by atoms with Crippen LogP contribution in [0.1, 0.15) is 19.3 Å². The Labute approximate surface area is 118 Å². The van der Waals surface area contributed by atoms with Crippen molar-refractivity contribution in [1.82, 2.24) is 0 Å². The number of nitro groups is 1. The first kappa shape index (κ1) is 14.9. The van der Waals surface area contributed by atoms with E-state index >= 15 is 0 Å². The number of carboxylic acid groups (broad SMARTS) is 1. The Bertz CT molecular complexity index is 604. The third-order valence-corrected chi connectivity index (χ3v) is 3.57. The molecule has 1 aromatic rings. The van der Waals surface area contributed by atoms with Crippen molar-refractivity contribution in [3.05, 3.63) is 34.1 Å². The van der Waals surface area contributed by atoms with Crippen molar-refractivity contribution in [3.8, 4) is 0 Å². The average Bonchev–Trinajstić information content (AvgIpc) is 2.90. The van der Waals surface area contributed by atoms with E-state index in [1.54, 1.807) is 0 Å². The van der Waals surface area contributed by atoms with Gasteiger partial charge in [0.05, 0.1) is 16.9 Å². The number of hydrogen-bond acceptors (Lipinski definition) is 4. The van der Waals surface area contributed by atoms with E-state index in [1.165, 1.54) is 0 Å². The highest BCUT2D eigenvalue weighted by Gasteiger charge is 2.34. The summed E-state index contributed by atoms with van der Waals surface area (Å²) >= 11 is 0. The maximum absolute atomic E-state index is 13.0. The minimum Gasteiger partial charge on any atom is -0.481 e. The molecule has 2 rings (SSSR count). The first-order chi connectivity index (χ1) is 9.88. The molecule has 21 heavy (non-hydrogen) atoms. The number of carbonyl (C=O) groups excluding carboxylic acids is 1. The zero-order chi connectivity index (χ0) is 15.6. The fourth-order valence-corrected chi connectivity index (χ4v) is 2.44. The van der Waals surface area contributed by atoms with E-state index in [0.29, 0.717) is 12.8 Å². The summed E-state index contributed by atoms with van der Waals surface area (Å²) in [6.45, 7) is 0. The third-order valence-electron chi connectivity index (χ3n) is 3.57. The van der Waals surface area contributed by atoms with Gasteiger partial charge in [-0.15, -0.1) is 0 Å². The van der Waals surface area contributed by atoms with Gasteiger partial charge in [-0.1, -0.05) is 0 Å². The molecule has 8 heteroatoms. The standard InChI is InChI=1S/C13H13FN2O5/c14-9-3-4-10(11(6-9)16(20)21)15-12(17)7-1-2-8(5-7)13(18)19/h3-4,6-8H,1-2,5H2,(H,15,17)(H,18,19)/t7-,8+/m1/s1. The summed E-state index contributed by atoms with van der Waals surface area (Å²) < 4.78 is 13.0. The zero-order valence-electron chi connectivity index (χ0n) is 10.9. The lowest BCUT2D eigenvalue weighted by Crippen LogP contribution is -2.22. The van der Waals surface area contributed by atoms with E-state index in [0.717, 1.165) is 18.2 Å². The van der Waals surface area contributed by atoms with Crippen LogP contribution in [-0.4, -0.2) is 21.9 Å². The van der Waals surface area contributed by atoms with Crippen molar-refractivity contribution >= 4 is 23.3 Å². The van der Waals surface area contributed by atoms with Gasteiger partial charge in [-0.05, 0) is 31.4 Å². The van der Waals surface area contributed by atoms with Crippen molar-refractivity contribution in [2.75, 3.05) is 5.32 Å². The van der Waals surface area contributed by atoms with Crippen LogP contribution in [0.2, 0.25) is 0 Å². The predicted molar refractivity (Wildman–Crippen MR) is 70.2 cm³/mol. The molecule has 1 saturated carbocycles. The van der Waals surface area contributed by atoms with E-state index < -0.39 is 40.1 Å². The van der Waals surface area contributed by atoms with Gasteiger partial charge in [-0.2, -0.15) is 0 Å². The zero-order valence-corrected chi connectivity index (χ0v) is 10.9. The van der Waals surface area contributed by atoms with Gasteiger partial charge >= 0.3 is 5.97 Å². The Balaban J connectivity index is 2.10. The van der Waals surface area contributed by atoms with Gasteiger partial charge in [0, 0.05) is 5.92 Å². The summed E-state index contributed by atoms with van der Waals surface area (Å²) in [5, 5.41) is 22.1. The van der Waals surface area contributed by atoms with Crippen molar-refractivity contribution < 1.29 is 24.0 Å². The summed E-state index contributed by atoms with van der Waals surface area (Å²) in [5.74, 6) is -3.27. The first-order valence-electron chi connectivity index (χ1n) is 6.36. The number of carboxylic acids is 1. The van der Waals surface area contributed by atoms with Crippen molar-refractivity contribution in [2.45, 2.75) is 19.3 Å². The van der Waals surface area contributed by atoms with Gasteiger partial charge < -0.3 is 10.4 Å². The molecule has 0 spiro atoms. The molecule has 0 bridgehead atoms. The molecule has 0 saturated heterocycles. The Kier molecular flexibility index (Phi) is 4.15. The van der Waals surface area contributed by atoms with Crippen LogP contribution in [0.3, 0.4) is 0 Å². The molecule has 2 atom stereocenters. The van der Waals surface area contributed by atoms with Crippen LogP contribution in [0.15, 0.2) is 18.2 Å². The molecule has 0 aliphatic heterocycles. The molecule has 0 aromatic heterocycles. The number of nitrogens with zero attached hydrogens (tertiary/aromatic N) is 1. The number of aliphatic carboxylic acids is 1. The summed E-state index contributed by atoms with van der Waals surface area (Å²) in [7, 11) is 0. The van der Waals surface area contributed by atoms with Crippen LogP contribution in [0.5, 0.6) is 0 Å². The molecule has 112 valence electrons. The summed E-state index contributed by atoms with van der Waals surface area (Å²) in [5.41, 5.74) is -0.624. The van der Waals surface area contributed by atoms with Crippen LogP contribution in [0.4, 0.5) is 15.8 Å². The van der Waals surface area contributed by atoms with Gasteiger partial charge in [0.1, 0.15) is 11.5 Å². The van der Waals surface area contributed by atoms with Crippen LogP contribution in [0, 0.1) is 27.8 Å². The highest BCUT2D eigenvalue weighted by Crippen LogP contribution is 2.33. The predicted octanol–water partition coefficient (Wildman–Crippen LogP) is 2.17. The maximum Gasteiger partial charge on any atom is 0.306 e. The molecule has 1 aromatic carbocycles. The second kappa shape index (κ2) is 5.86. The maximum atomic E-state index is 13.0. The van der Waals surface area contributed by atoms with Gasteiger partial charge in [-0.25, -0.2) is 4.39 Å². The van der Waals surface area contributed by atoms with Gasteiger partial charge in [0.2, 0.25) is 5.91 Å². The molecule has 0 heterocycles. The average molecular weight is 296 g/mol. The van der Waals surface area contributed by atoms with Crippen LogP contribution >= 0.6 is 0 Å². The first-order valence-corrected chi connectivity index (χ1v) is 6.36. The molecule has 1 aliphatic carbocycles.